The topological polar surface area (TPSA) is 217 Å². The van der Waals surface area contributed by atoms with Gasteiger partial charge >= 0.3 is 21.2 Å². The minimum atomic E-state index is -3.11. The van der Waals surface area contributed by atoms with Crippen LogP contribution in [-0.2, 0) is 34.1 Å². The van der Waals surface area contributed by atoms with Gasteiger partial charge in [-0.05, 0) is 127 Å². The van der Waals surface area contributed by atoms with Crippen LogP contribution in [-0.4, -0.2) is 35.5 Å². The normalized spacial score (nSPS) is 10.9. The summed E-state index contributed by atoms with van der Waals surface area (Å²) >= 11 is 0. The predicted octanol–water partition coefficient (Wildman–Crippen LogP) is 9.89. The standard InChI is InChI=1S/C38H32N6O2.2O3S/c1-25-23-37(26(2)22-36(25)43-40-30-13-10-28(11-14-30)9-8-27-6-4-3-5-7-27)44-42-35-21-12-29-24-32(17-20-34(29)38(35)46)41-39-31-15-18-33(45)19-16-31;2*1-4(2)3/h3-7,10-24,45-46H,8-9H2,1-2H3;;. The average Bonchev–Trinajstić information content (AvgIpc) is 3.14. The first-order chi connectivity index (χ1) is 25.9. The van der Waals surface area contributed by atoms with Crippen LogP contribution in [0, 0.1) is 13.8 Å². The zero-order chi connectivity index (χ0) is 39.0. The molecule has 14 nitrogen and oxygen atoms in total. The molecule has 6 aromatic rings. The number of hydrogen-bond acceptors (Lipinski definition) is 14. The number of azo groups is 3. The van der Waals surface area contributed by atoms with Crippen LogP contribution in [0.4, 0.5) is 34.1 Å². The number of nitrogens with zero attached hydrogens (tertiary/aromatic N) is 6. The second-order valence-corrected chi connectivity index (χ2v) is 12.3. The minimum absolute atomic E-state index is 0.0363. The first-order valence-corrected chi connectivity index (χ1v) is 18.0. The van der Waals surface area contributed by atoms with Crippen molar-refractivity contribution in [3.05, 3.63) is 144 Å². The van der Waals surface area contributed by atoms with E-state index in [9.17, 15) is 10.2 Å². The molecule has 0 unspecified atom stereocenters. The zero-order valence-electron chi connectivity index (χ0n) is 28.8. The third kappa shape index (κ3) is 12.8. The number of phenolic OH excluding ortho intramolecular Hbond substituents is 2. The lowest BCUT2D eigenvalue weighted by atomic mass is 10.0. The molecule has 0 bridgehead atoms. The van der Waals surface area contributed by atoms with Gasteiger partial charge in [-0.2, -0.15) is 25.6 Å². The van der Waals surface area contributed by atoms with Gasteiger partial charge in [0, 0.05) is 5.39 Å². The number of hydrogen-bond donors (Lipinski definition) is 2. The van der Waals surface area contributed by atoms with Crippen LogP contribution in [0.1, 0.15) is 22.3 Å². The van der Waals surface area contributed by atoms with Gasteiger partial charge in [0.1, 0.15) is 11.4 Å². The Morgan fingerprint density at radius 1 is 0.463 bits per heavy atom. The monoisotopic (exact) mass is 764 g/mol. The van der Waals surface area contributed by atoms with Gasteiger partial charge in [-0.15, -0.1) is 30.4 Å². The van der Waals surface area contributed by atoms with Crippen LogP contribution < -0.4 is 0 Å². The minimum Gasteiger partial charge on any atom is -0.508 e. The Labute approximate surface area is 313 Å². The average molecular weight is 765 g/mol. The van der Waals surface area contributed by atoms with Gasteiger partial charge in [0.25, 0.3) is 0 Å². The van der Waals surface area contributed by atoms with E-state index >= 15 is 0 Å². The Morgan fingerprint density at radius 2 is 0.907 bits per heavy atom. The summed E-state index contributed by atoms with van der Waals surface area (Å²) in [6, 6.07) is 38.0. The number of benzene rings is 6. The third-order valence-corrected chi connectivity index (χ3v) is 7.62. The highest BCUT2D eigenvalue weighted by Gasteiger charge is 2.09. The quantitative estimate of drug-likeness (QED) is 0.135. The van der Waals surface area contributed by atoms with Gasteiger partial charge in [-0.25, -0.2) is 0 Å². The van der Waals surface area contributed by atoms with Crippen molar-refractivity contribution < 1.29 is 35.5 Å². The van der Waals surface area contributed by atoms with E-state index in [1.165, 1.54) is 11.1 Å². The number of phenols is 2. The molecule has 0 amide bonds. The van der Waals surface area contributed by atoms with Crippen molar-refractivity contribution in [1.82, 2.24) is 0 Å². The molecule has 0 heterocycles. The van der Waals surface area contributed by atoms with E-state index in [4.69, 9.17) is 25.3 Å². The van der Waals surface area contributed by atoms with Crippen LogP contribution in [0.15, 0.2) is 152 Å². The summed E-state index contributed by atoms with van der Waals surface area (Å²) in [5, 5.41) is 48.0. The summed E-state index contributed by atoms with van der Waals surface area (Å²) in [4.78, 5) is 0. The Kier molecular flexibility index (Phi) is 14.6. The molecule has 2 N–H and O–H groups in total. The first kappa shape index (κ1) is 40.0. The maximum absolute atomic E-state index is 10.9. The molecular formula is C38H32N6O8S2. The summed E-state index contributed by atoms with van der Waals surface area (Å²) in [6.45, 7) is 3.91. The van der Waals surface area contributed by atoms with Crippen molar-refractivity contribution in [2.45, 2.75) is 26.7 Å². The van der Waals surface area contributed by atoms with Crippen molar-refractivity contribution in [2.24, 2.45) is 30.7 Å². The van der Waals surface area contributed by atoms with Crippen molar-refractivity contribution in [1.29, 1.82) is 0 Å². The molecule has 0 spiro atoms. The lowest BCUT2D eigenvalue weighted by Gasteiger charge is -2.06. The maximum Gasteiger partial charge on any atom is 0.425 e. The summed E-state index contributed by atoms with van der Waals surface area (Å²) in [7, 11) is -6.22. The van der Waals surface area contributed by atoms with Gasteiger partial charge in [-0.1, -0.05) is 48.5 Å². The largest absolute Gasteiger partial charge is 0.508 e. The SMILES string of the molecule is Cc1cc(N=Nc2ccc3cc(N=Nc4ccc(O)cc4)ccc3c2O)c(C)cc1N=Nc1ccc(CCc2ccccc2)cc1.O=S(=O)=O.O=S(=O)=O. The van der Waals surface area contributed by atoms with E-state index in [0.717, 1.165) is 40.7 Å². The highest BCUT2D eigenvalue weighted by Crippen LogP contribution is 2.38. The van der Waals surface area contributed by atoms with Crippen LogP contribution >= 0.6 is 0 Å². The Bertz CT molecular complexity index is 2510. The number of aromatic hydroxyl groups is 2. The summed E-state index contributed by atoms with van der Waals surface area (Å²) in [5.41, 5.74) is 8.26. The highest BCUT2D eigenvalue weighted by molar-refractivity contribution is 7.59. The molecule has 0 saturated carbocycles. The fourth-order valence-electron chi connectivity index (χ4n) is 4.95. The zero-order valence-corrected chi connectivity index (χ0v) is 30.4. The molecule has 274 valence electrons. The molecular weight excluding hydrogens is 733 g/mol. The Hall–Kier alpha value is -6.78. The fourth-order valence-corrected chi connectivity index (χ4v) is 4.95. The summed E-state index contributed by atoms with van der Waals surface area (Å²) < 4.78 is 50.7. The first-order valence-electron chi connectivity index (χ1n) is 16.0. The van der Waals surface area contributed by atoms with Crippen molar-refractivity contribution in [3.63, 3.8) is 0 Å². The van der Waals surface area contributed by atoms with Gasteiger partial charge < -0.3 is 10.2 Å². The number of rotatable bonds is 9. The van der Waals surface area contributed by atoms with Crippen LogP contribution in [0.3, 0.4) is 0 Å². The lowest BCUT2D eigenvalue weighted by molar-refractivity contribution is 0.475. The van der Waals surface area contributed by atoms with Gasteiger partial charge in [0.2, 0.25) is 0 Å². The molecule has 54 heavy (non-hydrogen) atoms. The third-order valence-electron chi connectivity index (χ3n) is 7.62. The van der Waals surface area contributed by atoms with Crippen molar-refractivity contribution in [2.75, 3.05) is 0 Å². The molecule has 0 aliphatic carbocycles. The molecule has 0 atom stereocenters. The van der Waals surface area contributed by atoms with E-state index in [-0.39, 0.29) is 11.5 Å². The smallest absolute Gasteiger partial charge is 0.425 e. The second kappa shape index (κ2) is 19.7. The van der Waals surface area contributed by atoms with Crippen LogP contribution in [0.25, 0.3) is 10.8 Å². The summed E-state index contributed by atoms with van der Waals surface area (Å²) in [5.74, 6) is 0.207. The molecule has 0 aliphatic heterocycles. The molecule has 6 aromatic carbocycles. The van der Waals surface area contributed by atoms with E-state index in [2.05, 4.69) is 67.1 Å². The van der Waals surface area contributed by atoms with Crippen LogP contribution in [0.5, 0.6) is 11.5 Å². The van der Waals surface area contributed by atoms with E-state index in [0.29, 0.717) is 28.1 Å². The highest BCUT2D eigenvalue weighted by atomic mass is 32.2. The fraction of sp³-hybridized carbons (Fsp3) is 0.105. The number of fused-ring (bicyclic) bond motifs is 1. The lowest BCUT2D eigenvalue weighted by Crippen LogP contribution is -1.90. The number of aryl methyl sites for hydroxylation is 4. The van der Waals surface area contributed by atoms with Gasteiger partial charge in [0.15, 0.2) is 5.75 Å². The van der Waals surface area contributed by atoms with Crippen LogP contribution in [0.2, 0.25) is 0 Å². The van der Waals surface area contributed by atoms with E-state index in [1.807, 2.05) is 56.3 Å². The second-order valence-electron chi connectivity index (χ2n) is 11.4. The Morgan fingerprint density at radius 3 is 1.48 bits per heavy atom. The molecule has 16 heteroatoms. The summed E-state index contributed by atoms with van der Waals surface area (Å²) in [6.07, 6.45) is 1.98. The molecule has 0 aliphatic rings. The maximum atomic E-state index is 10.9. The molecule has 0 radical (unpaired) electrons. The predicted molar refractivity (Wildman–Crippen MR) is 202 cm³/mol. The van der Waals surface area contributed by atoms with Crippen molar-refractivity contribution >= 4 is 66.1 Å². The Balaban J connectivity index is 0.000000740. The van der Waals surface area contributed by atoms with Gasteiger partial charge in [0.05, 0.1) is 28.4 Å². The van der Waals surface area contributed by atoms with Gasteiger partial charge in [-0.3, -0.25) is 0 Å². The van der Waals surface area contributed by atoms with E-state index < -0.39 is 21.2 Å². The molecule has 0 aromatic heterocycles. The van der Waals surface area contributed by atoms with Crippen molar-refractivity contribution in [3.8, 4) is 11.5 Å². The molecule has 0 saturated heterocycles. The van der Waals surface area contributed by atoms with E-state index in [1.54, 1.807) is 42.5 Å². The molecule has 0 fully saturated rings. The molecule has 6 rings (SSSR count).